The number of fused-ring (bicyclic) bond motifs is 8. The number of carbonyl (C=O) groups excluding carboxylic acids is 1. The molecule has 5 N–H and O–H groups in total. The molecule has 0 saturated carbocycles. The minimum atomic E-state index is 0. The van der Waals surface area contributed by atoms with Gasteiger partial charge in [0.25, 0.3) is 0 Å². The molecule has 0 amide bonds. The van der Waals surface area contributed by atoms with Crippen LogP contribution in [0.15, 0.2) is 51.5 Å². The third-order valence-electron chi connectivity index (χ3n) is 7.13. The molecular weight excluding hydrogens is 668 g/mol. The number of hydrogen-bond acceptors (Lipinski definition) is 4. The third-order valence-corrected chi connectivity index (χ3v) is 8.12. The molecule has 3 aromatic heterocycles. The number of benzene rings is 2. The molecule has 0 atom stereocenters. The Morgan fingerprint density at radius 3 is 2.05 bits per heavy atom. The lowest BCUT2D eigenvalue weighted by Gasteiger charge is -2.06. The second-order valence-electron chi connectivity index (χ2n) is 10.3. The molecule has 3 heterocycles. The van der Waals surface area contributed by atoms with Gasteiger partial charge in [0.1, 0.15) is 5.82 Å². The van der Waals surface area contributed by atoms with Gasteiger partial charge in [0, 0.05) is 65.9 Å². The van der Waals surface area contributed by atoms with Crippen LogP contribution in [0.5, 0.6) is 0 Å². The molecule has 2 aromatic carbocycles. The van der Waals surface area contributed by atoms with Crippen molar-refractivity contribution in [1.29, 1.82) is 5.41 Å². The van der Waals surface area contributed by atoms with E-state index in [-0.39, 0.29) is 24.0 Å². The molecule has 41 heavy (non-hydrogen) atoms. The van der Waals surface area contributed by atoms with Gasteiger partial charge >= 0.3 is 0 Å². The highest BCUT2D eigenvalue weighted by molar-refractivity contribution is 9.10. The molecule has 214 valence electrons. The number of amidine groups is 1. The number of aromatic nitrogens is 4. The Morgan fingerprint density at radius 2 is 1.41 bits per heavy atom. The van der Waals surface area contributed by atoms with E-state index in [1.54, 1.807) is 0 Å². The van der Waals surface area contributed by atoms with Crippen LogP contribution < -0.4 is 5.73 Å². The highest BCUT2D eigenvalue weighted by atomic mass is 79.9. The average molecular weight is 701 g/mol. The molecule has 0 aliphatic heterocycles. The van der Waals surface area contributed by atoms with Gasteiger partial charge in [-0.05, 0) is 94.3 Å². The number of H-pyrrole nitrogens is 2. The number of aryl methyl sites for hydroxylation is 4. The van der Waals surface area contributed by atoms with E-state index in [4.69, 9.17) is 16.1 Å². The zero-order valence-corrected chi connectivity index (χ0v) is 27.0. The van der Waals surface area contributed by atoms with Gasteiger partial charge in [-0.25, -0.2) is 9.97 Å². The molecule has 0 saturated heterocycles. The van der Waals surface area contributed by atoms with E-state index in [9.17, 15) is 4.79 Å². The van der Waals surface area contributed by atoms with Gasteiger partial charge in [-0.3, -0.25) is 10.2 Å². The summed E-state index contributed by atoms with van der Waals surface area (Å²) >= 11 is 7.03. The van der Waals surface area contributed by atoms with E-state index >= 15 is 0 Å². The molecule has 2 aliphatic rings. The molecular formula is C31H33Br2ClN6O. The predicted molar refractivity (Wildman–Crippen MR) is 177 cm³/mol. The van der Waals surface area contributed by atoms with Crippen molar-refractivity contribution < 1.29 is 4.79 Å². The summed E-state index contributed by atoms with van der Waals surface area (Å²) in [5.74, 6) is 1.29. The lowest BCUT2D eigenvalue weighted by Crippen LogP contribution is -2.00. The van der Waals surface area contributed by atoms with Crippen LogP contribution in [-0.4, -0.2) is 31.6 Å². The number of nitrogens with two attached hydrogens (primary N) is 1. The smallest absolute Gasteiger partial charge is 0.165 e. The minimum absolute atomic E-state index is 0. The fourth-order valence-corrected chi connectivity index (χ4v) is 6.19. The van der Waals surface area contributed by atoms with Gasteiger partial charge in [-0.2, -0.15) is 0 Å². The quantitative estimate of drug-likeness (QED) is 0.0736. The number of carbonyl (C=O) groups is 1. The van der Waals surface area contributed by atoms with Crippen molar-refractivity contribution in [2.75, 3.05) is 0 Å². The van der Waals surface area contributed by atoms with Crippen LogP contribution in [0.2, 0.25) is 0 Å². The summed E-state index contributed by atoms with van der Waals surface area (Å²) in [5.41, 5.74) is 13.9. The molecule has 0 spiro atoms. The predicted octanol–water partition coefficient (Wildman–Crippen LogP) is 8.39. The summed E-state index contributed by atoms with van der Waals surface area (Å²) in [6, 6.07) is 12.4. The van der Waals surface area contributed by atoms with E-state index in [0.29, 0.717) is 6.42 Å². The molecule has 7 rings (SSSR count). The summed E-state index contributed by atoms with van der Waals surface area (Å²) < 4.78 is 2.13. The van der Waals surface area contributed by atoms with E-state index < -0.39 is 0 Å². The summed E-state index contributed by atoms with van der Waals surface area (Å²) in [6.45, 7) is 3.48. The summed E-state index contributed by atoms with van der Waals surface area (Å²) in [6.07, 6.45) is 9.04. The maximum absolute atomic E-state index is 12.1. The van der Waals surface area contributed by atoms with Crippen LogP contribution in [0.4, 0.5) is 0 Å². The fourth-order valence-electron chi connectivity index (χ4n) is 5.47. The van der Waals surface area contributed by atoms with Crippen LogP contribution in [-0.2, 0) is 19.3 Å². The molecule has 0 bridgehead atoms. The van der Waals surface area contributed by atoms with E-state index in [2.05, 4.69) is 65.0 Å². The zero-order valence-electron chi connectivity index (χ0n) is 23.0. The van der Waals surface area contributed by atoms with Gasteiger partial charge in [-0.15, -0.1) is 12.4 Å². The van der Waals surface area contributed by atoms with Gasteiger partial charge in [0.15, 0.2) is 5.78 Å². The Kier molecular flexibility index (Phi) is 10.0. The number of halogens is 3. The van der Waals surface area contributed by atoms with E-state index in [1.165, 1.54) is 34.6 Å². The molecule has 5 aromatic rings. The Labute approximate surface area is 262 Å². The van der Waals surface area contributed by atoms with Crippen LogP contribution in [0.1, 0.15) is 65.7 Å². The normalized spacial score (nSPS) is 13.7. The monoisotopic (exact) mass is 698 g/mol. The van der Waals surface area contributed by atoms with Gasteiger partial charge in [-0.1, -0.05) is 31.9 Å². The fraction of sp³-hybridized carbons (Fsp3) is 0.290. The van der Waals surface area contributed by atoms with Crippen molar-refractivity contribution in [3.8, 4) is 11.3 Å². The number of aromatic amines is 2. The molecule has 0 radical (unpaired) electrons. The first kappa shape index (κ1) is 30.9. The highest BCUT2D eigenvalue weighted by Gasteiger charge is 2.22. The number of nitrogens with zero attached hydrogens (tertiary/aromatic N) is 2. The lowest BCUT2D eigenvalue weighted by atomic mass is 10.0. The Morgan fingerprint density at radius 1 is 0.878 bits per heavy atom. The summed E-state index contributed by atoms with van der Waals surface area (Å²) in [5, 5.41) is 8.59. The Hall–Kier alpha value is -3.01. The standard InChI is InChI=1S/C16H14BrN3.C13H12BrNO.C2H6N2.ClH/c1-9-18-8-10-3-2-4-14-15(16(10)19-9)12-7-11(17)5-6-13(12)20-14;14-8-5-6-10-9(7-8)13-11(15-10)3-1-2-4-12(13)16;1-2(3)4;/h5-8,20H,2-4H2,1H3;5-7,15H,1-4H2;1H3,(H3,3,4);1H. The minimum Gasteiger partial charge on any atom is -0.388 e. The third kappa shape index (κ3) is 6.90. The second-order valence-corrected chi connectivity index (χ2v) is 12.1. The highest BCUT2D eigenvalue weighted by Crippen LogP contribution is 2.38. The Balaban J connectivity index is 0.000000167. The van der Waals surface area contributed by atoms with E-state index in [1.807, 2.05) is 31.3 Å². The van der Waals surface area contributed by atoms with Gasteiger partial charge < -0.3 is 15.7 Å². The van der Waals surface area contributed by atoms with Crippen molar-refractivity contribution in [2.45, 2.75) is 58.8 Å². The zero-order chi connectivity index (χ0) is 28.4. The van der Waals surface area contributed by atoms with Crippen molar-refractivity contribution in [1.82, 2.24) is 19.9 Å². The molecule has 7 nitrogen and oxygen atoms in total. The number of nitrogens with one attached hydrogen (secondary N) is 3. The van der Waals surface area contributed by atoms with Crippen molar-refractivity contribution in [3.63, 3.8) is 0 Å². The summed E-state index contributed by atoms with van der Waals surface area (Å²) in [4.78, 5) is 28.1. The number of hydrogen-bond donors (Lipinski definition) is 4. The Bertz CT molecular complexity index is 1740. The van der Waals surface area contributed by atoms with Crippen LogP contribution in [0.25, 0.3) is 33.1 Å². The number of rotatable bonds is 0. The van der Waals surface area contributed by atoms with Crippen LogP contribution in [0.3, 0.4) is 0 Å². The van der Waals surface area contributed by atoms with Gasteiger partial charge in [0.2, 0.25) is 0 Å². The first-order valence-electron chi connectivity index (χ1n) is 13.5. The maximum Gasteiger partial charge on any atom is 0.165 e. The maximum atomic E-state index is 12.1. The van der Waals surface area contributed by atoms with Gasteiger partial charge in [0.05, 0.1) is 11.5 Å². The SMILES string of the molecule is CC(=N)N.Cc1ncc2c(n1)-c1c([nH]c3ccc(Br)cc13)CCC2.Cl.O=C1CCCCc2[nH]c3ccc(Br)cc3c21. The molecule has 10 heteroatoms. The molecule has 0 unspecified atom stereocenters. The van der Waals surface area contributed by atoms with E-state index in [0.717, 1.165) is 81.1 Å². The van der Waals surface area contributed by atoms with Crippen molar-refractivity contribution >= 4 is 77.7 Å². The first-order chi connectivity index (χ1) is 19.2. The second kappa shape index (κ2) is 13.3. The largest absolute Gasteiger partial charge is 0.388 e. The molecule has 2 aliphatic carbocycles. The molecule has 0 fully saturated rings. The van der Waals surface area contributed by atoms with Crippen LogP contribution in [0, 0.1) is 12.3 Å². The van der Waals surface area contributed by atoms with Crippen molar-refractivity contribution in [3.05, 3.63) is 79.9 Å². The number of Topliss-reactive ketones (excluding diaryl/α,β-unsaturated/α-hetero) is 1. The van der Waals surface area contributed by atoms with Crippen LogP contribution >= 0.6 is 44.3 Å². The average Bonchev–Trinajstić information content (AvgIpc) is 3.30. The number of ketones is 1. The lowest BCUT2D eigenvalue weighted by molar-refractivity contribution is 0.0983. The van der Waals surface area contributed by atoms with Crippen molar-refractivity contribution in [2.24, 2.45) is 5.73 Å². The topological polar surface area (TPSA) is 124 Å². The first-order valence-corrected chi connectivity index (χ1v) is 15.1. The summed E-state index contributed by atoms with van der Waals surface area (Å²) in [7, 11) is 0.